The van der Waals surface area contributed by atoms with Crippen LogP contribution in [-0.2, 0) is 22.5 Å². The van der Waals surface area contributed by atoms with E-state index in [1.807, 2.05) is 12.1 Å². The molecule has 1 aliphatic heterocycles. The number of benzene rings is 2. The van der Waals surface area contributed by atoms with E-state index < -0.39 is 17.8 Å². The molecule has 0 aromatic heterocycles. The van der Waals surface area contributed by atoms with Crippen molar-refractivity contribution in [3.05, 3.63) is 58.9 Å². The standard InChI is InChI=1S/C26H30FN3O5/c1-16-3-2-4-22(24(16)27)29-25(33)28-20-8-7-19-15-30(12-11-18(19)14-20)26(34)35-21-9-5-17(6-10-21)13-23(31)32/h2-4,7-8,14,17,21H,5-6,9-13,15H2,1H3,(H,31,32)(H2,28,29,33)/t17-,21-. The van der Waals surface area contributed by atoms with Crippen LogP contribution in [0.4, 0.5) is 25.4 Å². The molecule has 9 heteroatoms. The van der Waals surface area contributed by atoms with Crippen molar-refractivity contribution >= 4 is 29.5 Å². The molecule has 0 saturated heterocycles. The van der Waals surface area contributed by atoms with E-state index in [-0.39, 0.29) is 30.2 Å². The van der Waals surface area contributed by atoms with Crippen LogP contribution in [-0.4, -0.2) is 40.7 Å². The number of anilines is 2. The number of aryl methyl sites for hydroxylation is 1. The lowest BCUT2D eigenvalue weighted by molar-refractivity contribution is -0.138. The smallest absolute Gasteiger partial charge is 0.410 e. The van der Waals surface area contributed by atoms with Gasteiger partial charge in [0.05, 0.1) is 5.69 Å². The number of halogens is 1. The minimum Gasteiger partial charge on any atom is -0.481 e. The summed E-state index contributed by atoms with van der Waals surface area (Å²) in [6.45, 7) is 2.56. The largest absolute Gasteiger partial charge is 0.481 e. The molecule has 3 amide bonds. The van der Waals surface area contributed by atoms with E-state index >= 15 is 0 Å². The summed E-state index contributed by atoms with van der Waals surface area (Å²) in [5.74, 6) is -1.09. The van der Waals surface area contributed by atoms with Crippen LogP contribution >= 0.6 is 0 Å². The Labute approximate surface area is 203 Å². The zero-order valence-electron chi connectivity index (χ0n) is 19.7. The second-order valence-electron chi connectivity index (χ2n) is 9.29. The molecule has 0 spiro atoms. The van der Waals surface area contributed by atoms with E-state index in [4.69, 9.17) is 9.84 Å². The van der Waals surface area contributed by atoms with Crippen molar-refractivity contribution in [3.8, 4) is 0 Å². The number of urea groups is 1. The number of fused-ring (bicyclic) bond motifs is 1. The van der Waals surface area contributed by atoms with Gasteiger partial charge in [0.2, 0.25) is 0 Å². The first-order valence-corrected chi connectivity index (χ1v) is 11.9. The maximum absolute atomic E-state index is 14.1. The van der Waals surface area contributed by atoms with Gasteiger partial charge in [0.25, 0.3) is 0 Å². The molecule has 0 bridgehead atoms. The predicted octanol–water partition coefficient (Wildman–Crippen LogP) is 5.31. The molecular weight excluding hydrogens is 453 g/mol. The molecule has 1 fully saturated rings. The average molecular weight is 484 g/mol. The van der Waals surface area contributed by atoms with Crippen molar-refractivity contribution in [2.75, 3.05) is 17.2 Å². The van der Waals surface area contributed by atoms with Crippen LogP contribution in [0.2, 0.25) is 0 Å². The second-order valence-corrected chi connectivity index (χ2v) is 9.29. The maximum Gasteiger partial charge on any atom is 0.410 e. The lowest BCUT2D eigenvalue weighted by atomic mass is 9.85. The van der Waals surface area contributed by atoms with E-state index in [0.717, 1.165) is 24.0 Å². The van der Waals surface area contributed by atoms with E-state index in [1.165, 1.54) is 6.07 Å². The first kappa shape index (κ1) is 24.5. The molecule has 2 aromatic rings. The minimum absolute atomic E-state index is 0.116. The van der Waals surface area contributed by atoms with Crippen LogP contribution in [0.3, 0.4) is 0 Å². The highest BCUT2D eigenvalue weighted by molar-refractivity contribution is 6.00. The summed E-state index contributed by atoms with van der Waals surface area (Å²) < 4.78 is 19.8. The lowest BCUT2D eigenvalue weighted by Gasteiger charge is -2.32. The third-order valence-corrected chi connectivity index (χ3v) is 6.70. The number of carboxylic acids is 1. The number of carboxylic acid groups (broad SMARTS) is 1. The number of carbonyl (C=O) groups is 3. The SMILES string of the molecule is Cc1cccc(NC(=O)Nc2ccc3c(c2)CCN(C(=O)O[C@H]2CC[C@H](CC(=O)O)CC2)C3)c1F. The fourth-order valence-corrected chi connectivity index (χ4v) is 4.73. The number of rotatable bonds is 5. The van der Waals surface area contributed by atoms with Gasteiger partial charge in [-0.2, -0.15) is 0 Å². The molecule has 1 saturated carbocycles. The summed E-state index contributed by atoms with van der Waals surface area (Å²) in [5, 5.41) is 14.2. The number of nitrogens with one attached hydrogen (secondary N) is 2. The Bertz CT molecular complexity index is 1110. The number of carbonyl (C=O) groups excluding carboxylic acids is 2. The quantitative estimate of drug-likeness (QED) is 0.534. The predicted molar refractivity (Wildman–Crippen MR) is 129 cm³/mol. The van der Waals surface area contributed by atoms with Gasteiger partial charge in [-0.25, -0.2) is 14.0 Å². The molecule has 1 heterocycles. The van der Waals surface area contributed by atoms with Gasteiger partial charge in [0, 0.05) is 25.2 Å². The van der Waals surface area contributed by atoms with Gasteiger partial charge >= 0.3 is 18.1 Å². The number of nitrogens with zero attached hydrogens (tertiary/aromatic N) is 1. The zero-order chi connectivity index (χ0) is 24.9. The van der Waals surface area contributed by atoms with Crippen molar-refractivity contribution in [3.63, 3.8) is 0 Å². The van der Waals surface area contributed by atoms with Crippen LogP contribution < -0.4 is 10.6 Å². The fourth-order valence-electron chi connectivity index (χ4n) is 4.73. The molecule has 1 aliphatic carbocycles. The van der Waals surface area contributed by atoms with Crippen LogP contribution in [0.15, 0.2) is 36.4 Å². The topological polar surface area (TPSA) is 108 Å². The molecule has 35 heavy (non-hydrogen) atoms. The fraction of sp³-hybridized carbons (Fsp3) is 0.423. The van der Waals surface area contributed by atoms with E-state index in [1.54, 1.807) is 30.0 Å². The Hall–Kier alpha value is -3.62. The van der Waals surface area contributed by atoms with Crippen LogP contribution in [0.1, 0.15) is 48.8 Å². The number of hydrogen-bond acceptors (Lipinski definition) is 4. The molecule has 0 atom stereocenters. The molecule has 4 rings (SSSR count). The summed E-state index contributed by atoms with van der Waals surface area (Å²) in [4.78, 5) is 37.6. The van der Waals surface area contributed by atoms with Gasteiger partial charge in [0.15, 0.2) is 0 Å². The van der Waals surface area contributed by atoms with Crippen LogP contribution in [0.5, 0.6) is 0 Å². The van der Waals surface area contributed by atoms with Gasteiger partial charge in [0.1, 0.15) is 11.9 Å². The number of hydrogen-bond donors (Lipinski definition) is 3. The van der Waals surface area contributed by atoms with E-state index in [9.17, 15) is 18.8 Å². The Kier molecular flexibility index (Phi) is 7.53. The molecule has 186 valence electrons. The summed E-state index contributed by atoms with van der Waals surface area (Å²) in [6.07, 6.45) is 3.18. The van der Waals surface area contributed by atoms with Crippen LogP contribution in [0, 0.1) is 18.7 Å². The summed E-state index contributed by atoms with van der Waals surface area (Å²) in [6, 6.07) is 9.77. The van der Waals surface area contributed by atoms with Crippen molar-refractivity contribution < 1.29 is 28.6 Å². The van der Waals surface area contributed by atoms with Gasteiger partial charge in [-0.05, 0) is 79.8 Å². The highest BCUT2D eigenvalue weighted by Crippen LogP contribution is 2.30. The first-order chi connectivity index (χ1) is 16.8. The lowest BCUT2D eigenvalue weighted by Crippen LogP contribution is -2.39. The third kappa shape index (κ3) is 6.29. The third-order valence-electron chi connectivity index (χ3n) is 6.70. The van der Waals surface area contributed by atoms with Gasteiger partial charge in [-0.1, -0.05) is 18.2 Å². The normalized spacial score (nSPS) is 19.4. The number of ether oxygens (including phenoxy) is 1. The zero-order valence-corrected chi connectivity index (χ0v) is 19.7. The Morgan fingerprint density at radius 3 is 2.60 bits per heavy atom. The molecule has 2 aliphatic rings. The highest BCUT2D eigenvalue weighted by atomic mass is 19.1. The van der Waals surface area contributed by atoms with Crippen molar-refractivity contribution in [1.29, 1.82) is 0 Å². The molecule has 8 nitrogen and oxygen atoms in total. The number of aliphatic carboxylic acids is 1. The molecular formula is C26H30FN3O5. The summed E-state index contributed by atoms with van der Waals surface area (Å²) in [7, 11) is 0. The Balaban J connectivity index is 1.28. The molecule has 2 aromatic carbocycles. The number of amides is 3. The minimum atomic E-state index is -0.781. The molecule has 0 unspecified atom stereocenters. The average Bonchev–Trinajstić information content (AvgIpc) is 2.82. The maximum atomic E-state index is 14.1. The Morgan fingerprint density at radius 1 is 1.09 bits per heavy atom. The van der Waals surface area contributed by atoms with Gasteiger partial charge in [-0.3, -0.25) is 4.79 Å². The van der Waals surface area contributed by atoms with Crippen molar-refractivity contribution in [1.82, 2.24) is 4.90 Å². The summed E-state index contributed by atoms with van der Waals surface area (Å²) >= 11 is 0. The molecule has 0 radical (unpaired) electrons. The van der Waals surface area contributed by atoms with Gasteiger partial charge < -0.3 is 25.4 Å². The van der Waals surface area contributed by atoms with Gasteiger partial charge in [-0.15, -0.1) is 0 Å². The Morgan fingerprint density at radius 2 is 1.86 bits per heavy atom. The second kappa shape index (κ2) is 10.8. The highest BCUT2D eigenvalue weighted by Gasteiger charge is 2.28. The monoisotopic (exact) mass is 483 g/mol. The summed E-state index contributed by atoms with van der Waals surface area (Å²) in [5.41, 5.74) is 3.16. The van der Waals surface area contributed by atoms with E-state index in [2.05, 4.69) is 10.6 Å². The first-order valence-electron chi connectivity index (χ1n) is 11.9. The van der Waals surface area contributed by atoms with E-state index in [0.29, 0.717) is 43.6 Å². The van der Waals surface area contributed by atoms with Crippen molar-refractivity contribution in [2.45, 2.75) is 58.1 Å². The van der Waals surface area contributed by atoms with Crippen molar-refractivity contribution in [2.24, 2.45) is 5.92 Å². The molecule has 3 N–H and O–H groups in total. The van der Waals surface area contributed by atoms with Crippen LogP contribution in [0.25, 0.3) is 0 Å².